The molecule has 1 amide bonds. The molecular formula is C11H22N2O2. The first-order valence-electron chi connectivity index (χ1n) is 5.72. The molecule has 1 aliphatic heterocycles. The summed E-state index contributed by atoms with van der Waals surface area (Å²) in [6, 6.07) is 0. The molecule has 0 aromatic heterocycles. The van der Waals surface area contributed by atoms with Crippen molar-refractivity contribution < 1.29 is 9.53 Å². The molecule has 0 radical (unpaired) electrons. The zero-order valence-corrected chi connectivity index (χ0v) is 9.71. The van der Waals surface area contributed by atoms with Gasteiger partial charge in [0.15, 0.2) is 0 Å². The van der Waals surface area contributed by atoms with Crippen LogP contribution in [0.1, 0.15) is 26.2 Å². The SMILES string of the molecule is COC(C)CNC(=O)CC1CCCNC1. The molecule has 1 saturated heterocycles. The summed E-state index contributed by atoms with van der Waals surface area (Å²) in [5.74, 6) is 0.657. The number of carbonyl (C=O) groups excluding carboxylic acids is 1. The van der Waals surface area contributed by atoms with E-state index in [-0.39, 0.29) is 12.0 Å². The van der Waals surface area contributed by atoms with E-state index >= 15 is 0 Å². The van der Waals surface area contributed by atoms with Crippen LogP contribution >= 0.6 is 0 Å². The van der Waals surface area contributed by atoms with Gasteiger partial charge >= 0.3 is 0 Å². The Bertz CT molecular complexity index is 191. The number of rotatable bonds is 5. The van der Waals surface area contributed by atoms with Crippen molar-refractivity contribution in [2.45, 2.75) is 32.3 Å². The van der Waals surface area contributed by atoms with Crippen LogP contribution in [-0.4, -0.2) is 38.8 Å². The number of ether oxygens (including phenoxy) is 1. The molecule has 0 spiro atoms. The quantitative estimate of drug-likeness (QED) is 0.702. The van der Waals surface area contributed by atoms with Crippen LogP contribution in [0.5, 0.6) is 0 Å². The highest BCUT2D eigenvalue weighted by Gasteiger charge is 2.16. The lowest BCUT2D eigenvalue weighted by Crippen LogP contribution is -2.36. The second-order valence-electron chi connectivity index (χ2n) is 4.27. The summed E-state index contributed by atoms with van der Waals surface area (Å²) >= 11 is 0. The standard InChI is InChI=1S/C11H22N2O2/c1-9(15-2)7-13-11(14)6-10-4-3-5-12-8-10/h9-10,12H,3-8H2,1-2H3,(H,13,14). The predicted octanol–water partition coefficient (Wildman–Crippen LogP) is 0.527. The summed E-state index contributed by atoms with van der Waals surface area (Å²) in [5.41, 5.74) is 0. The Balaban J connectivity index is 2.11. The van der Waals surface area contributed by atoms with Gasteiger partial charge in [0.2, 0.25) is 5.91 Å². The highest BCUT2D eigenvalue weighted by molar-refractivity contribution is 5.76. The number of hydrogen-bond donors (Lipinski definition) is 2. The second-order valence-corrected chi connectivity index (χ2v) is 4.27. The van der Waals surface area contributed by atoms with Crippen LogP contribution in [0.4, 0.5) is 0 Å². The maximum atomic E-state index is 11.5. The first-order valence-corrected chi connectivity index (χ1v) is 5.72. The summed E-state index contributed by atoms with van der Waals surface area (Å²) in [6.45, 7) is 4.63. The van der Waals surface area contributed by atoms with Crippen molar-refractivity contribution in [2.75, 3.05) is 26.7 Å². The summed E-state index contributed by atoms with van der Waals surface area (Å²) in [4.78, 5) is 11.5. The molecule has 0 bridgehead atoms. The van der Waals surface area contributed by atoms with E-state index in [4.69, 9.17) is 4.74 Å². The molecule has 2 atom stereocenters. The van der Waals surface area contributed by atoms with Crippen LogP contribution in [0.25, 0.3) is 0 Å². The molecule has 15 heavy (non-hydrogen) atoms. The molecule has 1 rings (SSSR count). The minimum absolute atomic E-state index is 0.0958. The maximum Gasteiger partial charge on any atom is 0.220 e. The molecule has 2 unspecified atom stereocenters. The van der Waals surface area contributed by atoms with Crippen LogP contribution in [0, 0.1) is 5.92 Å². The zero-order chi connectivity index (χ0) is 11.1. The van der Waals surface area contributed by atoms with Crippen molar-refractivity contribution in [3.05, 3.63) is 0 Å². The van der Waals surface area contributed by atoms with E-state index in [2.05, 4.69) is 10.6 Å². The fraction of sp³-hybridized carbons (Fsp3) is 0.909. The monoisotopic (exact) mass is 214 g/mol. The van der Waals surface area contributed by atoms with Crippen molar-refractivity contribution in [1.29, 1.82) is 0 Å². The Hall–Kier alpha value is -0.610. The van der Waals surface area contributed by atoms with Gasteiger partial charge in [-0.25, -0.2) is 0 Å². The summed E-state index contributed by atoms with van der Waals surface area (Å²) in [5, 5.41) is 6.20. The molecule has 88 valence electrons. The Kier molecular flexibility index (Phi) is 5.65. The fourth-order valence-corrected chi connectivity index (χ4v) is 1.77. The molecule has 4 heteroatoms. The van der Waals surface area contributed by atoms with Crippen LogP contribution in [0.2, 0.25) is 0 Å². The molecule has 1 fully saturated rings. The van der Waals surface area contributed by atoms with Gasteiger partial charge in [-0.3, -0.25) is 4.79 Å². The fourth-order valence-electron chi connectivity index (χ4n) is 1.77. The first-order chi connectivity index (χ1) is 7.22. The number of carbonyl (C=O) groups is 1. The number of piperidine rings is 1. The lowest BCUT2D eigenvalue weighted by atomic mass is 9.96. The van der Waals surface area contributed by atoms with Crippen molar-refractivity contribution >= 4 is 5.91 Å². The van der Waals surface area contributed by atoms with Gasteiger partial charge in [0.25, 0.3) is 0 Å². The van der Waals surface area contributed by atoms with E-state index < -0.39 is 0 Å². The molecular weight excluding hydrogens is 192 g/mol. The highest BCUT2D eigenvalue weighted by atomic mass is 16.5. The summed E-state index contributed by atoms with van der Waals surface area (Å²) in [6.07, 6.45) is 3.09. The molecule has 1 aliphatic rings. The van der Waals surface area contributed by atoms with Gasteiger partial charge in [-0.15, -0.1) is 0 Å². The van der Waals surface area contributed by atoms with Gasteiger partial charge in [-0.1, -0.05) is 0 Å². The largest absolute Gasteiger partial charge is 0.380 e. The lowest BCUT2D eigenvalue weighted by Gasteiger charge is -2.22. The average molecular weight is 214 g/mol. The predicted molar refractivity (Wildman–Crippen MR) is 59.7 cm³/mol. The minimum Gasteiger partial charge on any atom is -0.380 e. The summed E-state index contributed by atoms with van der Waals surface area (Å²) < 4.78 is 5.06. The normalized spacial score (nSPS) is 23.5. The summed E-state index contributed by atoms with van der Waals surface area (Å²) in [7, 11) is 1.65. The van der Waals surface area contributed by atoms with E-state index in [1.54, 1.807) is 7.11 Å². The average Bonchev–Trinajstić information content (AvgIpc) is 2.27. The van der Waals surface area contributed by atoms with Gasteiger partial charge in [-0.2, -0.15) is 0 Å². The smallest absolute Gasteiger partial charge is 0.220 e. The Morgan fingerprint density at radius 2 is 2.47 bits per heavy atom. The second kappa shape index (κ2) is 6.80. The molecule has 2 N–H and O–H groups in total. The van der Waals surface area contributed by atoms with Crippen molar-refractivity contribution in [2.24, 2.45) is 5.92 Å². The van der Waals surface area contributed by atoms with Gasteiger partial charge < -0.3 is 15.4 Å². The topological polar surface area (TPSA) is 50.4 Å². The molecule has 0 aromatic carbocycles. The van der Waals surface area contributed by atoms with E-state index in [0.29, 0.717) is 18.9 Å². The Morgan fingerprint density at radius 1 is 1.67 bits per heavy atom. The van der Waals surface area contributed by atoms with Gasteiger partial charge in [0.1, 0.15) is 0 Å². The third kappa shape index (κ3) is 5.14. The molecule has 0 aliphatic carbocycles. The van der Waals surface area contributed by atoms with Crippen molar-refractivity contribution in [1.82, 2.24) is 10.6 Å². The molecule has 0 aromatic rings. The zero-order valence-electron chi connectivity index (χ0n) is 9.71. The van der Waals surface area contributed by atoms with Crippen molar-refractivity contribution in [3.63, 3.8) is 0 Å². The number of hydrogen-bond acceptors (Lipinski definition) is 3. The Labute approximate surface area is 91.8 Å². The minimum atomic E-state index is 0.0958. The van der Waals surface area contributed by atoms with E-state index in [0.717, 1.165) is 13.1 Å². The molecule has 0 saturated carbocycles. The van der Waals surface area contributed by atoms with Gasteiger partial charge in [0.05, 0.1) is 6.10 Å². The van der Waals surface area contributed by atoms with E-state index in [1.165, 1.54) is 12.8 Å². The first kappa shape index (κ1) is 12.5. The van der Waals surface area contributed by atoms with Crippen LogP contribution in [0.3, 0.4) is 0 Å². The van der Waals surface area contributed by atoms with E-state index in [9.17, 15) is 4.79 Å². The van der Waals surface area contributed by atoms with Crippen LogP contribution in [-0.2, 0) is 9.53 Å². The molecule has 4 nitrogen and oxygen atoms in total. The number of amides is 1. The van der Waals surface area contributed by atoms with E-state index in [1.807, 2.05) is 6.92 Å². The molecule has 1 heterocycles. The van der Waals surface area contributed by atoms with Crippen LogP contribution in [0.15, 0.2) is 0 Å². The number of methoxy groups -OCH3 is 1. The number of nitrogens with one attached hydrogen (secondary N) is 2. The lowest BCUT2D eigenvalue weighted by molar-refractivity contribution is -0.122. The maximum absolute atomic E-state index is 11.5. The van der Waals surface area contributed by atoms with Gasteiger partial charge in [0, 0.05) is 20.1 Å². The van der Waals surface area contributed by atoms with Crippen LogP contribution < -0.4 is 10.6 Å². The Morgan fingerprint density at radius 3 is 3.07 bits per heavy atom. The third-order valence-corrected chi connectivity index (χ3v) is 2.86. The van der Waals surface area contributed by atoms with Crippen molar-refractivity contribution in [3.8, 4) is 0 Å². The highest BCUT2D eigenvalue weighted by Crippen LogP contribution is 2.13. The van der Waals surface area contributed by atoms with Gasteiger partial charge in [-0.05, 0) is 38.8 Å². The third-order valence-electron chi connectivity index (χ3n) is 2.86.